The summed E-state index contributed by atoms with van der Waals surface area (Å²) in [5.41, 5.74) is -0.237. The molecular weight excluding hydrogens is 362 g/mol. The minimum absolute atomic E-state index is 0.166. The van der Waals surface area contributed by atoms with E-state index in [0.29, 0.717) is 10.8 Å². The fourth-order valence-corrected chi connectivity index (χ4v) is 2.40. The predicted octanol–water partition coefficient (Wildman–Crippen LogP) is 2.90. The van der Waals surface area contributed by atoms with Gasteiger partial charge in [-0.15, -0.1) is 0 Å². The highest BCUT2D eigenvalue weighted by Gasteiger charge is 2.21. The van der Waals surface area contributed by atoms with Crippen LogP contribution < -0.4 is 10.7 Å². The van der Waals surface area contributed by atoms with Crippen molar-refractivity contribution in [1.29, 1.82) is 0 Å². The van der Waals surface area contributed by atoms with Crippen LogP contribution in [0.1, 0.15) is 23.2 Å². The number of rotatable bonds is 5. The van der Waals surface area contributed by atoms with Gasteiger partial charge in [-0.3, -0.25) is 9.59 Å². The molecule has 1 atom stereocenters. The lowest BCUT2D eigenvalue weighted by Crippen LogP contribution is -2.35. The van der Waals surface area contributed by atoms with Gasteiger partial charge in [0.25, 0.3) is 5.91 Å². The number of carbonyl (C=O) groups is 2. The summed E-state index contributed by atoms with van der Waals surface area (Å²) in [6.45, 7) is 1.58. The molecule has 0 fully saturated rings. The van der Waals surface area contributed by atoms with Gasteiger partial charge in [0.2, 0.25) is 5.76 Å². The topological polar surface area (TPSA) is 98.8 Å². The molecule has 1 aromatic carbocycles. The molecule has 8 heteroatoms. The molecule has 0 spiro atoms. The molecule has 1 amide bonds. The van der Waals surface area contributed by atoms with E-state index in [2.05, 4.69) is 5.32 Å². The minimum Gasteiger partial charge on any atom is -0.467 e. The van der Waals surface area contributed by atoms with Crippen LogP contribution in [0.2, 0.25) is 5.02 Å². The molecule has 0 aliphatic carbocycles. The molecule has 26 heavy (non-hydrogen) atoms. The van der Waals surface area contributed by atoms with Crippen molar-refractivity contribution in [2.75, 3.05) is 0 Å². The second kappa shape index (κ2) is 7.45. The zero-order chi connectivity index (χ0) is 18.7. The monoisotopic (exact) mass is 375 g/mol. The Bertz CT molecular complexity index is 1010. The van der Waals surface area contributed by atoms with E-state index < -0.39 is 23.4 Å². The van der Waals surface area contributed by atoms with Crippen molar-refractivity contribution in [2.45, 2.75) is 19.6 Å². The van der Waals surface area contributed by atoms with Crippen LogP contribution in [-0.2, 0) is 16.1 Å². The maximum absolute atomic E-state index is 12.2. The lowest BCUT2D eigenvalue weighted by Gasteiger charge is -2.12. The fourth-order valence-electron chi connectivity index (χ4n) is 2.23. The Kier molecular flexibility index (Phi) is 5.09. The van der Waals surface area contributed by atoms with Crippen molar-refractivity contribution < 1.29 is 23.2 Å². The number of hydrogen-bond acceptors (Lipinski definition) is 6. The Labute approximate surface area is 152 Å². The first-order chi connectivity index (χ1) is 12.4. The van der Waals surface area contributed by atoms with Crippen LogP contribution in [0.25, 0.3) is 11.0 Å². The average molecular weight is 376 g/mol. The quantitative estimate of drug-likeness (QED) is 0.688. The Morgan fingerprint density at radius 2 is 2.08 bits per heavy atom. The van der Waals surface area contributed by atoms with Crippen LogP contribution in [0.3, 0.4) is 0 Å². The third-order valence-electron chi connectivity index (χ3n) is 3.56. The fraction of sp³-hybridized carbons (Fsp3) is 0.167. The van der Waals surface area contributed by atoms with E-state index in [1.54, 1.807) is 12.1 Å². The van der Waals surface area contributed by atoms with Crippen LogP contribution in [0.15, 0.2) is 56.3 Å². The van der Waals surface area contributed by atoms with E-state index in [1.807, 2.05) is 0 Å². The first-order valence-electron chi connectivity index (χ1n) is 7.68. The van der Waals surface area contributed by atoms with Crippen molar-refractivity contribution in [3.05, 3.63) is 69.4 Å². The summed E-state index contributed by atoms with van der Waals surface area (Å²) in [5.74, 6) is -1.16. The summed E-state index contributed by atoms with van der Waals surface area (Å²) < 4.78 is 15.5. The standard InChI is InChI=1S/C18H14ClNO6/c1-10(17(22)20-9-12-3-2-6-24-12)25-18(23)16-8-14(21)13-7-11(19)4-5-15(13)26-16/h2-8,10H,9H2,1H3,(H,20,22)/t10-/m0/s1. The second-order valence-electron chi connectivity index (χ2n) is 5.46. The maximum Gasteiger partial charge on any atom is 0.375 e. The number of nitrogens with one attached hydrogen (secondary N) is 1. The molecule has 1 N–H and O–H groups in total. The van der Waals surface area contributed by atoms with Crippen LogP contribution in [0.5, 0.6) is 0 Å². The van der Waals surface area contributed by atoms with E-state index in [-0.39, 0.29) is 23.3 Å². The third-order valence-corrected chi connectivity index (χ3v) is 3.80. The van der Waals surface area contributed by atoms with Gasteiger partial charge in [-0.1, -0.05) is 11.6 Å². The highest BCUT2D eigenvalue weighted by molar-refractivity contribution is 6.31. The first kappa shape index (κ1) is 17.8. The van der Waals surface area contributed by atoms with Gasteiger partial charge in [-0.2, -0.15) is 0 Å². The number of hydrogen-bond donors (Lipinski definition) is 1. The summed E-state index contributed by atoms with van der Waals surface area (Å²) in [6.07, 6.45) is 0.406. The zero-order valence-electron chi connectivity index (χ0n) is 13.7. The second-order valence-corrected chi connectivity index (χ2v) is 5.90. The molecule has 3 aromatic rings. The SMILES string of the molecule is C[C@H](OC(=O)c1cc(=O)c2cc(Cl)ccc2o1)C(=O)NCc1ccco1. The normalized spacial score (nSPS) is 11.9. The van der Waals surface area contributed by atoms with Crippen molar-refractivity contribution in [3.63, 3.8) is 0 Å². The molecule has 0 unspecified atom stereocenters. The van der Waals surface area contributed by atoms with E-state index in [9.17, 15) is 14.4 Å². The number of esters is 1. The number of ether oxygens (including phenoxy) is 1. The van der Waals surface area contributed by atoms with Crippen LogP contribution in [-0.4, -0.2) is 18.0 Å². The Morgan fingerprint density at radius 1 is 1.27 bits per heavy atom. The Morgan fingerprint density at radius 3 is 2.81 bits per heavy atom. The molecule has 0 saturated carbocycles. The van der Waals surface area contributed by atoms with Gasteiger partial charge in [-0.05, 0) is 37.3 Å². The lowest BCUT2D eigenvalue weighted by molar-refractivity contribution is -0.129. The van der Waals surface area contributed by atoms with Gasteiger partial charge in [0.15, 0.2) is 11.5 Å². The lowest BCUT2D eigenvalue weighted by atomic mass is 10.2. The van der Waals surface area contributed by atoms with Crippen molar-refractivity contribution in [2.24, 2.45) is 0 Å². The van der Waals surface area contributed by atoms with Gasteiger partial charge in [0, 0.05) is 11.1 Å². The van der Waals surface area contributed by atoms with Crippen molar-refractivity contribution >= 4 is 34.4 Å². The van der Waals surface area contributed by atoms with E-state index in [0.717, 1.165) is 6.07 Å². The molecule has 0 radical (unpaired) electrons. The highest BCUT2D eigenvalue weighted by atomic mass is 35.5. The summed E-state index contributed by atoms with van der Waals surface area (Å²) in [4.78, 5) is 36.3. The van der Waals surface area contributed by atoms with Gasteiger partial charge in [-0.25, -0.2) is 4.79 Å². The maximum atomic E-state index is 12.2. The van der Waals surface area contributed by atoms with Gasteiger partial charge < -0.3 is 18.9 Å². The first-order valence-corrected chi connectivity index (χ1v) is 8.06. The number of benzene rings is 1. The van der Waals surface area contributed by atoms with Gasteiger partial charge in [0.1, 0.15) is 11.3 Å². The zero-order valence-corrected chi connectivity index (χ0v) is 14.4. The average Bonchev–Trinajstić information content (AvgIpc) is 3.13. The largest absolute Gasteiger partial charge is 0.467 e. The number of amides is 1. The van der Waals surface area contributed by atoms with Gasteiger partial charge >= 0.3 is 5.97 Å². The third kappa shape index (κ3) is 3.94. The van der Waals surface area contributed by atoms with Gasteiger partial charge in [0.05, 0.1) is 18.2 Å². The summed E-state index contributed by atoms with van der Waals surface area (Å²) in [7, 11) is 0. The summed E-state index contributed by atoms with van der Waals surface area (Å²) in [6, 6.07) is 8.87. The molecule has 0 bridgehead atoms. The van der Waals surface area contributed by atoms with Crippen molar-refractivity contribution in [1.82, 2.24) is 5.32 Å². The minimum atomic E-state index is -1.08. The summed E-state index contributed by atoms with van der Waals surface area (Å²) in [5, 5.41) is 3.20. The number of furan rings is 1. The van der Waals surface area contributed by atoms with Crippen molar-refractivity contribution in [3.8, 4) is 0 Å². The van der Waals surface area contributed by atoms with Crippen LogP contribution >= 0.6 is 11.6 Å². The van der Waals surface area contributed by atoms with E-state index in [1.165, 1.54) is 31.4 Å². The van der Waals surface area contributed by atoms with E-state index >= 15 is 0 Å². The number of carbonyl (C=O) groups excluding carboxylic acids is 2. The molecular formula is C18H14ClNO6. The number of fused-ring (bicyclic) bond motifs is 1. The molecule has 2 heterocycles. The van der Waals surface area contributed by atoms with E-state index in [4.69, 9.17) is 25.2 Å². The smallest absolute Gasteiger partial charge is 0.375 e. The molecule has 134 valence electrons. The molecule has 0 aliphatic heterocycles. The predicted molar refractivity (Wildman–Crippen MR) is 92.9 cm³/mol. The number of halogens is 1. The molecule has 0 aliphatic rings. The summed E-state index contributed by atoms with van der Waals surface area (Å²) >= 11 is 5.84. The van der Waals surface area contributed by atoms with Crippen LogP contribution in [0.4, 0.5) is 0 Å². The Hall–Kier alpha value is -3.06. The molecule has 3 rings (SSSR count). The molecule has 0 saturated heterocycles. The highest BCUT2D eigenvalue weighted by Crippen LogP contribution is 2.18. The van der Waals surface area contributed by atoms with Crippen LogP contribution in [0, 0.1) is 0 Å². The Balaban J connectivity index is 1.69. The molecule has 7 nitrogen and oxygen atoms in total. The molecule has 2 aromatic heterocycles.